The van der Waals surface area contributed by atoms with Gasteiger partial charge in [-0.3, -0.25) is 14.9 Å². The molecule has 0 fully saturated rings. The first-order valence-electron chi connectivity index (χ1n) is 7.80. The van der Waals surface area contributed by atoms with Gasteiger partial charge in [0.2, 0.25) is 0 Å². The minimum atomic E-state index is -0.511. The van der Waals surface area contributed by atoms with E-state index < -0.39 is 4.92 Å². The summed E-state index contributed by atoms with van der Waals surface area (Å²) in [5.41, 5.74) is 2.02. The molecule has 0 bridgehead atoms. The number of carbonyl (C=O) groups is 1. The van der Waals surface area contributed by atoms with Crippen LogP contribution in [0.5, 0.6) is 0 Å². The highest BCUT2D eigenvalue weighted by molar-refractivity contribution is 5.95. The Morgan fingerprint density at radius 2 is 1.40 bits per heavy atom. The van der Waals surface area contributed by atoms with Crippen molar-refractivity contribution in [1.82, 2.24) is 5.32 Å². The predicted molar refractivity (Wildman–Crippen MR) is 95.3 cm³/mol. The Morgan fingerprint density at radius 1 is 0.840 bits per heavy atom. The number of nitrogens with zero attached hydrogens (tertiary/aromatic N) is 1. The number of carbonyl (C=O) groups excluding carboxylic acids is 1. The monoisotopic (exact) mass is 332 g/mol. The Kier molecular flexibility index (Phi) is 4.85. The van der Waals surface area contributed by atoms with Gasteiger partial charge in [0.15, 0.2) is 0 Å². The van der Waals surface area contributed by atoms with Crippen LogP contribution in [0.4, 0.5) is 5.69 Å². The Morgan fingerprint density at radius 3 is 1.92 bits per heavy atom. The lowest BCUT2D eigenvalue weighted by Gasteiger charge is -2.20. The zero-order chi connectivity index (χ0) is 17.6. The van der Waals surface area contributed by atoms with Crippen LogP contribution in [-0.4, -0.2) is 10.8 Å². The average molecular weight is 332 g/mol. The fourth-order valence-electron chi connectivity index (χ4n) is 2.63. The molecule has 0 saturated heterocycles. The lowest BCUT2D eigenvalue weighted by atomic mass is 9.98. The largest absolute Gasteiger partial charge is 0.341 e. The number of nitro benzene ring substituents is 1. The lowest BCUT2D eigenvalue weighted by Crippen LogP contribution is -2.29. The molecular weight excluding hydrogens is 316 g/mol. The number of rotatable bonds is 5. The standard InChI is InChI=1S/C20H16N2O3/c23-20(17-12-7-13-18(14-17)22(24)25)21-19(15-8-3-1-4-9-15)16-10-5-2-6-11-16/h1-14,19H,(H,21,23). The molecule has 5 nitrogen and oxygen atoms in total. The van der Waals surface area contributed by atoms with E-state index in [0.717, 1.165) is 11.1 Å². The minimum Gasteiger partial charge on any atom is -0.341 e. The van der Waals surface area contributed by atoms with Crippen LogP contribution in [0.15, 0.2) is 84.9 Å². The van der Waals surface area contributed by atoms with Crippen molar-refractivity contribution in [1.29, 1.82) is 0 Å². The first kappa shape index (κ1) is 16.4. The van der Waals surface area contributed by atoms with Gasteiger partial charge in [0, 0.05) is 17.7 Å². The van der Waals surface area contributed by atoms with Crippen molar-refractivity contribution in [2.24, 2.45) is 0 Å². The highest BCUT2D eigenvalue weighted by atomic mass is 16.6. The van der Waals surface area contributed by atoms with Crippen LogP contribution in [0.3, 0.4) is 0 Å². The van der Waals surface area contributed by atoms with Gasteiger partial charge in [-0.25, -0.2) is 0 Å². The summed E-state index contributed by atoms with van der Waals surface area (Å²) < 4.78 is 0. The van der Waals surface area contributed by atoms with E-state index in [2.05, 4.69) is 5.32 Å². The van der Waals surface area contributed by atoms with Gasteiger partial charge in [-0.2, -0.15) is 0 Å². The van der Waals surface area contributed by atoms with Crippen molar-refractivity contribution in [3.8, 4) is 0 Å². The molecule has 0 atom stereocenters. The van der Waals surface area contributed by atoms with Crippen molar-refractivity contribution in [2.45, 2.75) is 6.04 Å². The van der Waals surface area contributed by atoms with Gasteiger partial charge in [-0.1, -0.05) is 66.7 Å². The summed E-state index contributed by atoms with van der Waals surface area (Å²) in [4.78, 5) is 23.0. The van der Waals surface area contributed by atoms with Crippen LogP contribution in [-0.2, 0) is 0 Å². The second-order valence-electron chi connectivity index (χ2n) is 5.54. The van der Waals surface area contributed by atoms with Gasteiger partial charge in [-0.05, 0) is 17.2 Å². The number of amides is 1. The molecule has 1 N–H and O–H groups in total. The van der Waals surface area contributed by atoms with Crippen LogP contribution in [0.1, 0.15) is 27.5 Å². The fraction of sp³-hybridized carbons (Fsp3) is 0.0500. The summed E-state index contributed by atoms with van der Waals surface area (Å²) in [5, 5.41) is 13.9. The molecule has 1 amide bonds. The third-order valence-electron chi connectivity index (χ3n) is 3.86. The molecule has 0 unspecified atom stereocenters. The van der Waals surface area contributed by atoms with E-state index in [9.17, 15) is 14.9 Å². The summed E-state index contributed by atoms with van der Waals surface area (Å²) >= 11 is 0. The summed E-state index contributed by atoms with van der Waals surface area (Å²) in [6, 6.07) is 24.6. The molecule has 0 aromatic heterocycles. The van der Waals surface area contributed by atoms with Crippen LogP contribution in [0.2, 0.25) is 0 Å². The van der Waals surface area contributed by atoms with Gasteiger partial charge in [0.1, 0.15) is 0 Å². The number of nitro groups is 1. The van der Waals surface area contributed by atoms with Crippen molar-refractivity contribution in [3.63, 3.8) is 0 Å². The Hall–Kier alpha value is -3.47. The van der Waals surface area contributed by atoms with E-state index in [4.69, 9.17) is 0 Å². The highest BCUT2D eigenvalue weighted by Crippen LogP contribution is 2.23. The van der Waals surface area contributed by atoms with E-state index in [1.54, 1.807) is 6.07 Å². The molecule has 0 saturated carbocycles. The van der Waals surface area contributed by atoms with Crippen LogP contribution >= 0.6 is 0 Å². The number of non-ortho nitro benzene ring substituents is 1. The van der Waals surface area contributed by atoms with Crippen LogP contribution in [0.25, 0.3) is 0 Å². The first-order valence-corrected chi connectivity index (χ1v) is 7.80. The number of hydrogen-bond donors (Lipinski definition) is 1. The molecule has 3 rings (SSSR count). The summed E-state index contributed by atoms with van der Waals surface area (Å²) in [5.74, 6) is -0.360. The lowest BCUT2D eigenvalue weighted by molar-refractivity contribution is -0.384. The van der Waals surface area contributed by atoms with Crippen molar-refractivity contribution in [2.75, 3.05) is 0 Å². The van der Waals surface area contributed by atoms with E-state index in [1.807, 2.05) is 60.7 Å². The minimum absolute atomic E-state index is 0.108. The summed E-state index contributed by atoms with van der Waals surface area (Å²) in [7, 11) is 0. The van der Waals surface area contributed by atoms with E-state index in [0.29, 0.717) is 0 Å². The van der Waals surface area contributed by atoms with Gasteiger partial charge in [0.25, 0.3) is 11.6 Å². The number of hydrogen-bond acceptors (Lipinski definition) is 3. The molecular formula is C20H16N2O3. The molecule has 0 radical (unpaired) electrons. The summed E-state index contributed by atoms with van der Waals surface area (Å²) in [6.07, 6.45) is 0. The van der Waals surface area contributed by atoms with E-state index >= 15 is 0 Å². The molecule has 0 aliphatic rings. The molecule has 0 spiro atoms. The molecule has 0 aliphatic carbocycles. The van der Waals surface area contributed by atoms with Crippen molar-refractivity contribution < 1.29 is 9.72 Å². The highest BCUT2D eigenvalue weighted by Gasteiger charge is 2.18. The van der Waals surface area contributed by atoms with E-state index in [1.165, 1.54) is 18.2 Å². The number of benzene rings is 3. The smallest absolute Gasteiger partial charge is 0.270 e. The Bertz CT molecular complexity index is 840. The molecule has 0 heterocycles. The van der Waals surface area contributed by atoms with Crippen molar-refractivity contribution >= 4 is 11.6 Å². The zero-order valence-electron chi connectivity index (χ0n) is 13.3. The maximum Gasteiger partial charge on any atom is 0.270 e. The maximum atomic E-state index is 12.6. The SMILES string of the molecule is O=C(NC(c1ccccc1)c1ccccc1)c1cccc([N+](=O)[O-])c1. The normalized spacial score (nSPS) is 10.4. The predicted octanol–water partition coefficient (Wildman–Crippen LogP) is 4.11. The third-order valence-corrected chi connectivity index (χ3v) is 3.86. The fourth-order valence-corrected chi connectivity index (χ4v) is 2.63. The number of nitrogens with one attached hydrogen (secondary N) is 1. The maximum absolute atomic E-state index is 12.6. The van der Waals surface area contributed by atoms with Gasteiger partial charge in [0.05, 0.1) is 11.0 Å². The van der Waals surface area contributed by atoms with Gasteiger partial charge >= 0.3 is 0 Å². The average Bonchev–Trinajstić information content (AvgIpc) is 2.67. The summed E-state index contributed by atoms with van der Waals surface area (Å²) in [6.45, 7) is 0. The Labute approximate surface area is 145 Å². The quantitative estimate of drug-likeness (QED) is 0.564. The van der Waals surface area contributed by atoms with Gasteiger partial charge < -0.3 is 5.32 Å². The second-order valence-corrected chi connectivity index (χ2v) is 5.54. The molecule has 3 aromatic rings. The molecule has 124 valence electrons. The second kappa shape index (κ2) is 7.40. The first-order chi connectivity index (χ1) is 12.1. The molecule has 5 heteroatoms. The van der Waals surface area contributed by atoms with E-state index in [-0.39, 0.29) is 23.2 Å². The zero-order valence-corrected chi connectivity index (χ0v) is 13.3. The van der Waals surface area contributed by atoms with Crippen LogP contribution < -0.4 is 5.32 Å². The Balaban J connectivity index is 1.92. The molecule has 25 heavy (non-hydrogen) atoms. The molecule has 3 aromatic carbocycles. The molecule has 0 aliphatic heterocycles. The van der Waals surface area contributed by atoms with Gasteiger partial charge in [-0.15, -0.1) is 0 Å². The van der Waals surface area contributed by atoms with Crippen molar-refractivity contribution in [3.05, 3.63) is 112 Å². The topological polar surface area (TPSA) is 72.2 Å². The third kappa shape index (κ3) is 3.90. The van der Waals surface area contributed by atoms with Crippen LogP contribution in [0, 0.1) is 10.1 Å².